The molecule has 2 aromatic rings. The summed E-state index contributed by atoms with van der Waals surface area (Å²) in [5, 5.41) is 12.6. The molecule has 0 heterocycles. The maximum atomic E-state index is 13.5. The van der Waals surface area contributed by atoms with Crippen LogP contribution in [0.25, 0.3) is 10.8 Å². The molecule has 2 rings (SSSR count). The summed E-state index contributed by atoms with van der Waals surface area (Å²) in [7, 11) is -0.636. The lowest BCUT2D eigenvalue weighted by molar-refractivity contribution is 0.388. The number of anilines is 1. The SMILES string of the molecule is CCCCCCC(c1cc(OC)c2c(NO)ccc(N=O)c2c1OC)S(=O)(=O)CCC(C)C. The number of rotatable bonds is 14. The van der Waals surface area contributed by atoms with E-state index in [2.05, 4.69) is 17.6 Å². The summed E-state index contributed by atoms with van der Waals surface area (Å²) in [5.74, 6) is 0.882. The zero-order valence-electron chi connectivity index (χ0n) is 20.2. The first-order chi connectivity index (χ1) is 15.7. The number of hydrogen-bond donors (Lipinski definition) is 2. The molecule has 0 radical (unpaired) electrons. The average molecular weight is 481 g/mol. The summed E-state index contributed by atoms with van der Waals surface area (Å²) in [6.45, 7) is 6.10. The Morgan fingerprint density at radius 3 is 2.33 bits per heavy atom. The molecule has 0 saturated heterocycles. The van der Waals surface area contributed by atoms with Crippen LogP contribution in [0.1, 0.15) is 70.1 Å². The van der Waals surface area contributed by atoms with Gasteiger partial charge in [0.05, 0.1) is 41.7 Å². The molecule has 0 amide bonds. The molecule has 0 aliphatic carbocycles. The van der Waals surface area contributed by atoms with Gasteiger partial charge < -0.3 is 9.47 Å². The van der Waals surface area contributed by atoms with E-state index in [1.165, 1.54) is 26.4 Å². The fourth-order valence-corrected chi connectivity index (χ4v) is 6.29. The van der Waals surface area contributed by atoms with Crippen molar-refractivity contribution in [1.82, 2.24) is 0 Å². The molecular formula is C24H36N2O6S. The maximum Gasteiger partial charge on any atom is 0.157 e. The molecule has 8 nitrogen and oxygen atoms in total. The minimum Gasteiger partial charge on any atom is -0.496 e. The third kappa shape index (κ3) is 6.14. The Balaban J connectivity index is 2.80. The van der Waals surface area contributed by atoms with Gasteiger partial charge >= 0.3 is 0 Å². The highest BCUT2D eigenvalue weighted by Crippen LogP contribution is 2.49. The topological polar surface area (TPSA) is 114 Å². The van der Waals surface area contributed by atoms with Crippen LogP contribution in [0.15, 0.2) is 23.4 Å². The zero-order valence-corrected chi connectivity index (χ0v) is 21.0. The number of hydrogen-bond acceptors (Lipinski definition) is 8. The highest BCUT2D eigenvalue weighted by Gasteiger charge is 2.32. The number of fused-ring (bicyclic) bond motifs is 1. The van der Waals surface area contributed by atoms with Crippen LogP contribution in [0, 0.1) is 10.8 Å². The van der Waals surface area contributed by atoms with E-state index in [-0.39, 0.29) is 23.1 Å². The molecule has 0 aliphatic rings. The van der Waals surface area contributed by atoms with E-state index in [9.17, 15) is 18.5 Å². The van der Waals surface area contributed by atoms with Gasteiger partial charge in [0, 0.05) is 5.56 Å². The van der Waals surface area contributed by atoms with Gasteiger partial charge in [-0.25, -0.2) is 8.42 Å². The number of unbranched alkanes of at least 4 members (excludes halogenated alkanes) is 3. The molecule has 0 aliphatic heterocycles. The van der Waals surface area contributed by atoms with Crippen molar-refractivity contribution in [3.63, 3.8) is 0 Å². The third-order valence-electron chi connectivity index (χ3n) is 5.93. The molecule has 1 atom stereocenters. The second-order valence-corrected chi connectivity index (χ2v) is 11.0. The fourth-order valence-electron chi connectivity index (χ4n) is 4.12. The highest BCUT2D eigenvalue weighted by atomic mass is 32.2. The largest absolute Gasteiger partial charge is 0.496 e. The van der Waals surface area contributed by atoms with Crippen molar-refractivity contribution in [2.24, 2.45) is 11.1 Å². The molecule has 1 unspecified atom stereocenters. The molecule has 0 fully saturated rings. The Kier molecular flexibility index (Phi) is 9.91. The Labute approximate surface area is 196 Å². The molecule has 2 aromatic carbocycles. The van der Waals surface area contributed by atoms with Crippen molar-refractivity contribution < 1.29 is 23.1 Å². The van der Waals surface area contributed by atoms with Gasteiger partial charge in [-0.2, -0.15) is 0 Å². The van der Waals surface area contributed by atoms with E-state index in [1.807, 2.05) is 13.8 Å². The monoisotopic (exact) mass is 480 g/mol. The molecule has 33 heavy (non-hydrogen) atoms. The number of ether oxygens (including phenoxy) is 2. The number of nitroso groups, excluding NO2 is 1. The molecule has 0 aromatic heterocycles. The molecule has 0 bridgehead atoms. The van der Waals surface area contributed by atoms with Gasteiger partial charge in [0.15, 0.2) is 9.84 Å². The molecule has 2 N–H and O–H groups in total. The minimum atomic E-state index is -3.53. The summed E-state index contributed by atoms with van der Waals surface area (Å²) in [6, 6.07) is 4.60. The van der Waals surface area contributed by atoms with E-state index in [1.54, 1.807) is 6.07 Å². The minimum absolute atomic E-state index is 0.0592. The molecule has 0 saturated carbocycles. The van der Waals surface area contributed by atoms with Crippen LogP contribution in [-0.2, 0) is 9.84 Å². The maximum absolute atomic E-state index is 13.5. The number of sulfone groups is 1. The van der Waals surface area contributed by atoms with Crippen molar-refractivity contribution in [2.75, 3.05) is 25.5 Å². The Morgan fingerprint density at radius 1 is 1.06 bits per heavy atom. The number of nitrogens with one attached hydrogen (secondary N) is 1. The average Bonchev–Trinajstić information content (AvgIpc) is 2.80. The first kappa shape index (κ1) is 26.9. The van der Waals surface area contributed by atoms with Crippen molar-refractivity contribution >= 4 is 32.0 Å². The van der Waals surface area contributed by atoms with Gasteiger partial charge in [-0.05, 0) is 42.1 Å². The summed E-state index contributed by atoms with van der Waals surface area (Å²) in [6.07, 6.45) is 4.75. The van der Waals surface area contributed by atoms with Gasteiger partial charge in [0.1, 0.15) is 17.2 Å². The Bertz CT molecular complexity index is 1050. The summed E-state index contributed by atoms with van der Waals surface area (Å²) < 4.78 is 38.4. The van der Waals surface area contributed by atoms with Crippen LogP contribution >= 0.6 is 0 Å². The van der Waals surface area contributed by atoms with Gasteiger partial charge in [-0.15, -0.1) is 4.91 Å². The quantitative estimate of drug-likeness (QED) is 0.179. The van der Waals surface area contributed by atoms with E-state index in [0.717, 1.165) is 25.7 Å². The predicted octanol–water partition coefficient (Wildman–Crippen LogP) is 6.53. The number of methoxy groups -OCH3 is 2. The lowest BCUT2D eigenvalue weighted by Crippen LogP contribution is -2.19. The van der Waals surface area contributed by atoms with E-state index in [0.29, 0.717) is 40.6 Å². The van der Waals surface area contributed by atoms with Gasteiger partial charge in [0.25, 0.3) is 0 Å². The normalized spacial score (nSPS) is 12.7. The van der Waals surface area contributed by atoms with Crippen molar-refractivity contribution in [1.29, 1.82) is 0 Å². The lowest BCUT2D eigenvalue weighted by atomic mass is 9.97. The van der Waals surface area contributed by atoms with Crippen LogP contribution in [-0.4, -0.2) is 33.6 Å². The third-order valence-corrected chi connectivity index (χ3v) is 8.09. The molecule has 184 valence electrons. The lowest BCUT2D eigenvalue weighted by Gasteiger charge is -2.24. The zero-order chi connectivity index (χ0) is 24.6. The second kappa shape index (κ2) is 12.2. The fraction of sp³-hybridized carbons (Fsp3) is 0.583. The number of nitrogens with zero attached hydrogens (tertiary/aromatic N) is 1. The summed E-state index contributed by atoms with van der Waals surface area (Å²) >= 11 is 0. The molecule has 9 heteroatoms. The first-order valence-corrected chi connectivity index (χ1v) is 13.1. The Hall–Kier alpha value is -2.39. The Morgan fingerprint density at radius 2 is 1.79 bits per heavy atom. The summed E-state index contributed by atoms with van der Waals surface area (Å²) in [4.78, 5) is 11.6. The van der Waals surface area contributed by atoms with Crippen LogP contribution in [0.5, 0.6) is 11.5 Å². The van der Waals surface area contributed by atoms with E-state index >= 15 is 0 Å². The van der Waals surface area contributed by atoms with Crippen molar-refractivity contribution in [3.8, 4) is 11.5 Å². The van der Waals surface area contributed by atoms with Crippen LogP contribution < -0.4 is 15.0 Å². The van der Waals surface area contributed by atoms with Crippen LogP contribution in [0.3, 0.4) is 0 Å². The van der Waals surface area contributed by atoms with Crippen molar-refractivity contribution in [2.45, 2.75) is 64.5 Å². The van der Waals surface area contributed by atoms with E-state index in [4.69, 9.17) is 9.47 Å². The summed E-state index contributed by atoms with van der Waals surface area (Å²) in [5.41, 5.74) is 2.92. The van der Waals surface area contributed by atoms with Gasteiger partial charge in [0.2, 0.25) is 0 Å². The number of benzene rings is 2. The van der Waals surface area contributed by atoms with Crippen molar-refractivity contribution in [3.05, 3.63) is 28.7 Å². The highest BCUT2D eigenvalue weighted by molar-refractivity contribution is 7.91. The molecular weight excluding hydrogens is 444 g/mol. The van der Waals surface area contributed by atoms with Gasteiger partial charge in [-0.3, -0.25) is 10.7 Å². The van der Waals surface area contributed by atoms with Gasteiger partial charge in [-0.1, -0.05) is 46.5 Å². The molecule has 0 spiro atoms. The van der Waals surface area contributed by atoms with Crippen LogP contribution in [0.2, 0.25) is 0 Å². The first-order valence-electron chi connectivity index (χ1n) is 11.4. The predicted molar refractivity (Wildman–Crippen MR) is 133 cm³/mol. The standard InChI is InChI=1S/C24H36N2O6S/c1-6-7-8-9-10-21(33(29,30)14-13-16(2)3)17-15-20(31-4)22-18(25-27)11-12-19(26-28)23(22)24(17)32-5/h11-12,15-16,21,25,27H,6-10,13-14H2,1-5H3. The second-order valence-electron chi connectivity index (χ2n) is 8.67. The van der Waals surface area contributed by atoms with E-state index < -0.39 is 15.1 Å². The smallest absolute Gasteiger partial charge is 0.157 e. The van der Waals surface area contributed by atoms with Crippen LogP contribution in [0.4, 0.5) is 11.4 Å².